The molecule has 0 aliphatic rings. The lowest BCUT2D eigenvalue weighted by molar-refractivity contribution is -0.388. The van der Waals surface area contributed by atoms with E-state index in [1.807, 2.05) is 0 Å². The number of sulfonamides is 1. The number of rotatable bonds is 7. The summed E-state index contributed by atoms with van der Waals surface area (Å²) in [6, 6.07) is 0.109. The first-order valence-electron chi connectivity index (χ1n) is 5.49. The second kappa shape index (κ2) is 6.56. The summed E-state index contributed by atoms with van der Waals surface area (Å²) in [7, 11) is -4.57. The Morgan fingerprint density at radius 2 is 2.10 bits per heavy atom. The van der Waals surface area contributed by atoms with E-state index in [4.69, 9.17) is 10.2 Å². The van der Waals surface area contributed by atoms with Gasteiger partial charge in [0.2, 0.25) is 10.0 Å². The number of aliphatic carboxylic acids is 1. The molecule has 1 atom stereocenters. The van der Waals surface area contributed by atoms with Gasteiger partial charge in [0, 0.05) is 6.61 Å². The predicted molar refractivity (Wildman–Crippen MR) is 66.5 cm³/mol. The van der Waals surface area contributed by atoms with E-state index in [0.29, 0.717) is 18.2 Å². The van der Waals surface area contributed by atoms with Gasteiger partial charge >= 0.3 is 5.97 Å². The smallest absolute Gasteiger partial charge is 0.321 e. The molecule has 21 heavy (non-hydrogen) atoms. The molecule has 11 heteroatoms. The van der Waals surface area contributed by atoms with Crippen LogP contribution >= 0.6 is 0 Å². The molecular formula is C10H11FN2O7S. The summed E-state index contributed by atoms with van der Waals surface area (Å²) in [6.07, 6.45) is -0.427. The largest absolute Gasteiger partial charge is 0.480 e. The lowest BCUT2D eigenvalue weighted by atomic mass is 10.2. The fraction of sp³-hybridized carbons (Fsp3) is 0.300. The lowest BCUT2D eigenvalue weighted by Gasteiger charge is -2.13. The Kier molecular flexibility index (Phi) is 5.29. The number of halogens is 1. The standard InChI is InChI=1S/C10H11FN2O7S/c11-6-1-2-9(8(5-6)13(17)18)21(19,20)12-7(3-4-14)10(15)16/h1-2,5,7,12,14H,3-4H2,(H,15,16)/t7-/m1/s1. The Balaban J connectivity index is 3.25. The molecular weight excluding hydrogens is 311 g/mol. The van der Waals surface area contributed by atoms with Crippen LogP contribution in [-0.4, -0.2) is 42.2 Å². The van der Waals surface area contributed by atoms with Gasteiger partial charge < -0.3 is 10.2 Å². The van der Waals surface area contributed by atoms with Crippen LogP contribution in [0, 0.1) is 15.9 Å². The topological polar surface area (TPSA) is 147 Å². The van der Waals surface area contributed by atoms with Crippen LogP contribution in [-0.2, 0) is 14.8 Å². The molecule has 1 aromatic carbocycles. The summed E-state index contributed by atoms with van der Waals surface area (Å²) >= 11 is 0. The number of benzene rings is 1. The van der Waals surface area contributed by atoms with E-state index < -0.39 is 56.4 Å². The molecule has 0 saturated heterocycles. The fourth-order valence-corrected chi connectivity index (χ4v) is 2.85. The van der Waals surface area contributed by atoms with Gasteiger partial charge in [-0.3, -0.25) is 14.9 Å². The monoisotopic (exact) mass is 322 g/mol. The van der Waals surface area contributed by atoms with E-state index in [0.717, 1.165) is 0 Å². The third-order valence-corrected chi connectivity index (χ3v) is 3.94. The summed E-state index contributed by atoms with van der Waals surface area (Å²) < 4.78 is 38.6. The van der Waals surface area contributed by atoms with Crippen LogP contribution in [0.4, 0.5) is 10.1 Å². The number of hydrogen-bond donors (Lipinski definition) is 3. The van der Waals surface area contributed by atoms with Crippen LogP contribution in [0.3, 0.4) is 0 Å². The van der Waals surface area contributed by atoms with Crippen molar-refractivity contribution in [1.82, 2.24) is 4.72 Å². The zero-order valence-corrected chi connectivity index (χ0v) is 11.2. The molecule has 0 radical (unpaired) electrons. The average molecular weight is 322 g/mol. The van der Waals surface area contributed by atoms with Crippen LogP contribution in [0.15, 0.2) is 23.1 Å². The van der Waals surface area contributed by atoms with Crippen LogP contribution < -0.4 is 4.72 Å². The minimum absolute atomic E-state index is 0.413. The number of carboxylic acids is 1. The van der Waals surface area contributed by atoms with Crippen molar-refractivity contribution in [2.75, 3.05) is 6.61 Å². The highest BCUT2D eigenvalue weighted by molar-refractivity contribution is 7.89. The van der Waals surface area contributed by atoms with Gasteiger partial charge in [-0.2, -0.15) is 4.72 Å². The van der Waals surface area contributed by atoms with Gasteiger partial charge in [-0.25, -0.2) is 12.8 Å². The molecule has 0 spiro atoms. The number of nitrogens with one attached hydrogen (secondary N) is 1. The van der Waals surface area contributed by atoms with Gasteiger partial charge in [-0.15, -0.1) is 0 Å². The third kappa shape index (κ3) is 4.18. The molecule has 0 amide bonds. The molecule has 0 bridgehead atoms. The molecule has 0 saturated carbocycles. The summed E-state index contributed by atoms with van der Waals surface area (Å²) in [4.78, 5) is 19.6. The molecule has 9 nitrogen and oxygen atoms in total. The van der Waals surface area contributed by atoms with Gasteiger partial charge in [0.05, 0.1) is 11.0 Å². The van der Waals surface area contributed by atoms with Crippen LogP contribution in [0.25, 0.3) is 0 Å². The van der Waals surface area contributed by atoms with E-state index >= 15 is 0 Å². The van der Waals surface area contributed by atoms with Crippen molar-refractivity contribution in [3.63, 3.8) is 0 Å². The number of nitrogens with zero attached hydrogens (tertiary/aromatic N) is 1. The quantitative estimate of drug-likeness (QED) is 0.467. The normalized spacial score (nSPS) is 12.9. The molecule has 0 aromatic heterocycles. The predicted octanol–water partition coefficient (Wildman–Crippen LogP) is -0.152. The van der Waals surface area contributed by atoms with Crippen molar-refractivity contribution in [3.05, 3.63) is 34.1 Å². The first-order chi connectivity index (χ1) is 9.69. The number of carbonyl (C=O) groups is 1. The summed E-state index contributed by atoms with van der Waals surface area (Å²) in [5, 5.41) is 28.2. The van der Waals surface area contributed by atoms with Crippen LogP contribution in [0.5, 0.6) is 0 Å². The first-order valence-corrected chi connectivity index (χ1v) is 6.97. The zero-order valence-electron chi connectivity index (χ0n) is 10.4. The third-order valence-electron chi connectivity index (χ3n) is 2.42. The molecule has 0 aliphatic heterocycles. The zero-order chi connectivity index (χ0) is 16.2. The number of carboxylic acid groups (broad SMARTS) is 1. The van der Waals surface area contributed by atoms with Gasteiger partial charge in [-0.05, 0) is 18.6 Å². The Morgan fingerprint density at radius 1 is 1.48 bits per heavy atom. The van der Waals surface area contributed by atoms with Gasteiger partial charge in [0.15, 0.2) is 4.90 Å². The molecule has 3 N–H and O–H groups in total. The fourth-order valence-electron chi connectivity index (χ4n) is 1.47. The van der Waals surface area contributed by atoms with Crippen LogP contribution in [0.1, 0.15) is 6.42 Å². The van der Waals surface area contributed by atoms with E-state index in [1.165, 1.54) is 0 Å². The maximum absolute atomic E-state index is 13.0. The first kappa shape index (κ1) is 16.9. The maximum Gasteiger partial charge on any atom is 0.321 e. The van der Waals surface area contributed by atoms with E-state index in [1.54, 1.807) is 4.72 Å². The molecule has 1 aromatic rings. The SMILES string of the molecule is O=C(O)[C@@H](CCO)NS(=O)(=O)c1ccc(F)cc1[N+](=O)[O-]. The van der Waals surface area contributed by atoms with Crippen molar-refractivity contribution in [2.24, 2.45) is 0 Å². The Bertz CT molecular complexity index is 661. The Morgan fingerprint density at radius 3 is 2.57 bits per heavy atom. The van der Waals surface area contributed by atoms with E-state index in [2.05, 4.69) is 0 Å². The second-order valence-electron chi connectivity index (χ2n) is 3.89. The highest BCUT2D eigenvalue weighted by atomic mass is 32.2. The number of aliphatic hydroxyl groups excluding tert-OH is 1. The molecule has 0 unspecified atom stereocenters. The minimum atomic E-state index is -4.57. The van der Waals surface area contributed by atoms with Crippen molar-refractivity contribution in [1.29, 1.82) is 0 Å². The molecule has 0 heterocycles. The minimum Gasteiger partial charge on any atom is -0.480 e. The Labute approximate surface area is 118 Å². The molecule has 1 rings (SSSR count). The second-order valence-corrected chi connectivity index (χ2v) is 5.58. The Hall–Kier alpha value is -2.11. The maximum atomic E-state index is 13.0. The van der Waals surface area contributed by atoms with Crippen LogP contribution in [0.2, 0.25) is 0 Å². The van der Waals surface area contributed by atoms with Gasteiger partial charge in [0.25, 0.3) is 5.69 Å². The summed E-state index contributed by atoms with van der Waals surface area (Å²) in [6.45, 7) is -0.606. The van der Waals surface area contributed by atoms with Crippen molar-refractivity contribution in [3.8, 4) is 0 Å². The number of hydrogen-bond acceptors (Lipinski definition) is 6. The van der Waals surface area contributed by atoms with E-state index in [-0.39, 0.29) is 0 Å². The highest BCUT2D eigenvalue weighted by Crippen LogP contribution is 2.24. The number of nitro benzene ring substituents is 1. The van der Waals surface area contributed by atoms with Gasteiger partial charge in [0.1, 0.15) is 11.9 Å². The molecule has 0 fully saturated rings. The van der Waals surface area contributed by atoms with Gasteiger partial charge in [-0.1, -0.05) is 0 Å². The number of aliphatic hydroxyl groups is 1. The summed E-state index contributed by atoms with van der Waals surface area (Å²) in [5.41, 5.74) is -1.02. The molecule has 116 valence electrons. The highest BCUT2D eigenvalue weighted by Gasteiger charge is 2.30. The molecule has 0 aliphatic carbocycles. The van der Waals surface area contributed by atoms with E-state index in [9.17, 15) is 27.7 Å². The lowest BCUT2D eigenvalue weighted by Crippen LogP contribution is -2.41. The average Bonchev–Trinajstić information content (AvgIpc) is 2.37. The van der Waals surface area contributed by atoms with Crippen molar-refractivity contribution >= 4 is 21.7 Å². The number of nitro groups is 1. The van der Waals surface area contributed by atoms with Crippen molar-refractivity contribution in [2.45, 2.75) is 17.4 Å². The summed E-state index contributed by atoms with van der Waals surface area (Å²) in [5.74, 6) is -2.57. The van der Waals surface area contributed by atoms with Crippen molar-refractivity contribution < 1.29 is 32.7 Å².